The Balaban J connectivity index is 1.65. The van der Waals surface area contributed by atoms with Crippen LogP contribution in [-0.4, -0.2) is 11.2 Å². The number of pyridine rings is 1. The maximum Gasteiger partial charge on any atom is 0.143 e. The fourth-order valence-corrected chi connectivity index (χ4v) is 3.48. The maximum atomic E-state index is 6.11. The Labute approximate surface area is 170 Å². The van der Waals surface area contributed by atoms with E-state index in [0.717, 1.165) is 21.0 Å². The van der Waals surface area contributed by atoms with Crippen LogP contribution in [0.2, 0.25) is 15.1 Å². The summed E-state index contributed by atoms with van der Waals surface area (Å²) in [4.78, 5) is 10.8. The Hall–Kier alpha value is -1.72. The third-order valence-corrected chi connectivity index (χ3v) is 5.21. The van der Waals surface area contributed by atoms with Crippen LogP contribution in [0.4, 0.5) is 0 Å². The van der Waals surface area contributed by atoms with Gasteiger partial charge in [0, 0.05) is 37.3 Å². The Kier molecular flexibility index (Phi) is 6.80. The molecule has 0 radical (unpaired) electrons. The van der Waals surface area contributed by atoms with Gasteiger partial charge in [0.1, 0.15) is 11.6 Å². The van der Waals surface area contributed by atoms with Crippen LogP contribution in [0.1, 0.15) is 11.1 Å². The molecule has 7 heteroatoms. The molecule has 0 saturated heterocycles. The largest absolute Gasteiger partial charge is 0.391 e. The number of rotatable bonds is 6. The molecule has 2 aromatic carbocycles. The molecule has 0 N–H and O–H groups in total. The van der Waals surface area contributed by atoms with Crippen LogP contribution < -0.4 is 0 Å². The van der Waals surface area contributed by atoms with E-state index in [4.69, 9.17) is 39.6 Å². The molecule has 132 valence electrons. The predicted molar refractivity (Wildman–Crippen MR) is 109 cm³/mol. The number of benzene rings is 2. The number of halogens is 3. The normalized spacial score (nSPS) is 11.0. The van der Waals surface area contributed by atoms with Crippen molar-refractivity contribution in [1.29, 1.82) is 0 Å². The average molecular weight is 424 g/mol. The van der Waals surface area contributed by atoms with Crippen LogP contribution in [0.5, 0.6) is 0 Å². The number of hydrogen-bond acceptors (Lipinski definition) is 4. The lowest BCUT2D eigenvalue weighted by Gasteiger charge is -2.05. The van der Waals surface area contributed by atoms with E-state index < -0.39 is 0 Å². The smallest absolute Gasteiger partial charge is 0.143 e. The zero-order valence-corrected chi connectivity index (χ0v) is 16.5. The van der Waals surface area contributed by atoms with Gasteiger partial charge >= 0.3 is 0 Å². The van der Waals surface area contributed by atoms with Gasteiger partial charge in [-0.05, 0) is 48.5 Å². The van der Waals surface area contributed by atoms with Gasteiger partial charge in [-0.2, -0.15) is 0 Å². The molecule has 0 saturated carbocycles. The number of oxime groups is 1. The van der Waals surface area contributed by atoms with Crippen molar-refractivity contribution in [3.63, 3.8) is 0 Å². The first-order valence-electron chi connectivity index (χ1n) is 7.59. The predicted octanol–water partition coefficient (Wildman–Crippen LogP) is 6.74. The standard InChI is InChI=1S/C19H13Cl3N2OS/c20-15-5-7-17(8-6-15)26-19-13(2-1-9-23-19)11-24-25-12-14-3-4-16(21)10-18(14)22/h1-11H,12H2/b24-11-. The molecule has 1 heterocycles. The Morgan fingerprint density at radius 1 is 1.00 bits per heavy atom. The van der Waals surface area contributed by atoms with Gasteiger partial charge in [0.25, 0.3) is 0 Å². The fourth-order valence-electron chi connectivity index (χ4n) is 2.04. The van der Waals surface area contributed by atoms with E-state index in [9.17, 15) is 0 Å². The molecule has 0 aliphatic carbocycles. The van der Waals surface area contributed by atoms with Crippen molar-refractivity contribution in [2.45, 2.75) is 16.5 Å². The first kappa shape index (κ1) is 19.1. The van der Waals surface area contributed by atoms with Crippen molar-refractivity contribution < 1.29 is 4.84 Å². The van der Waals surface area contributed by atoms with Crippen LogP contribution in [0.25, 0.3) is 0 Å². The van der Waals surface area contributed by atoms with E-state index in [1.807, 2.05) is 42.5 Å². The summed E-state index contributed by atoms with van der Waals surface area (Å²) in [6.45, 7) is 0.256. The second kappa shape index (κ2) is 9.28. The van der Waals surface area contributed by atoms with Gasteiger partial charge in [0.05, 0.1) is 6.21 Å². The van der Waals surface area contributed by atoms with Crippen LogP contribution in [0.15, 0.2) is 75.9 Å². The van der Waals surface area contributed by atoms with Gasteiger partial charge in [-0.3, -0.25) is 0 Å². The molecule has 1 aromatic heterocycles. The van der Waals surface area contributed by atoms with Gasteiger partial charge in [-0.15, -0.1) is 0 Å². The summed E-state index contributed by atoms with van der Waals surface area (Å²) in [6, 6.07) is 16.6. The Morgan fingerprint density at radius 3 is 2.54 bits per heavy atom. The molecule has 0 unspecified atom stereocenters. The highest BCUT2D eigenvalue weighted by Crippen LogP contribution is 2.29. The average Bonchev–Trinajstić information content (AvgIpc) is 2.63. The SMILES string of the molecule is Clc1ccc(Sc2ncccc2/C=N\OCc2ccc(Cl)cc2Cl)cc1. The molecule has 0 spiro atoms. The summed E-state index contributed by atoms with van der Waals surface area (Å²) in [6.07, 6.45) is 3.37. The molecule has 0 bridgehead atoms. The minimum absolute atomic E-state index is 0.256. The minimum Gasteiger partial charge on any atom is -0.391 e. The van der Waals surface area contributed by atoms with Crippen molar-refractivity contribution in [1.82, 2.24) is 4.98 Å². The van der Waals surface area contributed by atoms with Crippen molar-refractivity contribution >= 4 is 52.8 Å². The molecule has 0 atom stereocenters. The van der Waals surface area contributed by atoms with Crippen molar-refractivity contribution in [3.8, 4) is 0 Å². The van der Waals surface area contributed by atoms with Gasteiger partial charge in [0.2, 0.25) is 0 Å². The number of aromatic nitrogens is 1. The number of hydrogen-bond donors (Lipinski definition) is 0. The second-order valence-electron chi connectivity index (χ2n) is 5.20. The summed E-state index contributed by atoms with van der Waals surface area (Å²) in [5, 5.41) is 6.69. The lowest BCUT2D eigenvalue weighted by atomic mass is 10.2. The first-order valence-corrected chi connectivity index (χ1v) is 9.54. The summed E-state index contributed by atoms with van der Waals surface area (Å²) in [7, 11) is 0. The lowest BCUT2D eigenvalue weighted by molar-refractivity contribution is 0.132. The third kappa shape index (κ3) is 5.39. The first-order chi connectivity index (χ1) is 12.6. The lowest BCUT2D eigenvalue weighted by Crippen LogP contribution is -1.92. The van der Waals surface area contributed by atoms with E-state index >= 15 is 0 Å². The molecule has 26 heavy (non-hydrogen) atoms. The maximum absolute atomic E-state index is 6.11. The van der Waals surface area contributed by atoms with Gasteiger partial charge < -0.3 is 4.84 Å². The monoisotopic (exact) mass is 422 g/mol. The van der Waals surface area contributed by atoms with Crippen LogP contribution in [-0.2, 0) is 11.4 Å². The van der Waals surface area contributed by atoms with Gasteiger partial charge in [-0.25, -0.2) is 4.98 Å². The zero-order valence-electron chi connectivity index (χ0n) is 13.4. The molecule has 3 aromatic rings. The Bertz CT molecular complexity index is 917. The van der Waals surface area contributed by atoms with E-state index in [-0.39, 0.29) is 6.61 Å². The molecule has 0 aliphatic heterocycles. The topological polar surface area (TPSA) is 34.5 Å². The molecule has 0 fully saturated rings. The second-order valence-corrected chi connectivity index (χ2v) is 7.54. The van der Waals surface area contributed by atoms with E-state index in [1.54, 1.807) is 24.5 Å². The van der Waals surface area contributed by atoms with E-state index in [2.05, 4.69) is 10.1 Å². The molecule has 3 nitrogen and oxygen atoms in total. The summed E-state index contributed by atoms with van der Waals surface area (Å²) in [5.41, 5.74) is 1.67. The highest BCUT2D eigenvalue weighted by molar-refractivity contribution is 7.99. The highest BCUT2D eigenvalue weighted by Gasteiger charge is 2.05. The molecule has 0 amide bonds. The third-order valence-electron chi connectivity index (χ3n) is 3.33. The van der Waals surface area contributed by atoms with Gasteiger partial charge in [0.15, 0.2) is 0 Å². The summed E-state index contributed by atoms with van der Waals surface area (Å²) in [5.74, 6) is 0. The van der Waals surface area contributed by atoms with E-state index in [0.29, 0.717) is 15.1 Å². The van der Waals surface area contributed by atoms with E-state index in [1.165, 1.54) is 11.8 Å². The highest BCUT2D eigenvalue weighted by atomic mass is 35.5. The fraction of sp³-hybridized carbons (Fsp3) is 0.0526. The molecule has 3 rings (SSSR count). The van der Waals surface area contributed by atoms with Gasteiger partial charge in [-0.1, -0.05) is 57.8 Å². The van der Waals surface area contributed by atoms with Crippen molar-refractivity contribution in [2.24, 2.45) is 5.16 Å². The van der Waals surface area contributed by atoms with Crippen molar-refractivity contribution in [3.05, 3.63) is 87.0 Å². The molecular weight excluding hydrogens is 411 g/mol. The summed E-state index contributed by atoms with van der Waals surface area (Å²) < 4.78 is 0. The van der Waals surface area contributed by atoms with Crippen LogP contribution in [0.3, 0.4) is 0 Å². The summed E-state index contributed by atoms with van der Waals surface area (Å²) >= 11 is 19.4. The molecular formula is C19H13Cl3N2OS. The molecule has 0 aliphatic rings. The quantitative estimate of drug-likeness (QED) is 0.325. The van der Waals surface area contributed by atoms with Crippen LogP contribution in [0, 0.1) is 0 Å². The minimum atomic E-state index is 0.256. The van der Waals surface area contributed by atoms with Crippen molar-refractivity contribution in [2.75, 3.05) is 0 Å². The van der Waals surface area contributed by atoms with Crippen LogP contribution >= 0.6 is 46.6 Å². The zero-order chi connectivity index (χ0) is 18.4. The Morgan fingerprint density at radius 2 is 1.77 bits per heavy atom. The number of nitrogens with zero attached hydrogens (tertiary/aromatic N) is 2.